The van der Waals surface area contributed by atoms with Crippen molar-refractivity contribution in [2.75, 3.05) is 13.2 Å². The van der Waals surface area contributed by atoms with Gasteiger partial charge in [0.1, 0.15) is 0 Å². The number of hydrogen-bond acceptors (Lipinski definition) is 9. The summed E-state index contributed by atoms with van der Waals surface area (Å²) in [6.07, 6.45) is -1.37. The topological polar surface area (TPSA) is 129 Å². The van der Waals surface area contributed by atoms with E-state index in [1.165, 1.54) is 8.61 Å². The summed E-state index contributed by atoms with van der Waals surface area (Å²) in [5, 5.41) is 1.30. The highest BCUT2D eigenvalue weighted by Crippen LogP contribution is 2.48. The lowest BCUT2D eigenvalue weighted by molar-refractivity contribution is 0.0683. The Labute approximate surface area is 363 Å². The monoisotopic (exact) mass is 892 g/mol. The molecular weight excluding hydrogens is 832 g/mol. The van der Waals surface area contributed by atoms with Gasteiger partial charge in [-0.1, -0.05) is 90.8 Å². The second-order valence-corrected chi connectivity index (χ2v) is 23.4. The minimum atomic E-state index is -4.07. The predicted molar refractivity (Wildman–Crippen MR) is 241 cm³/mol. The molecular formula is C47H61N2O9PS2. The van der Waals surface area contributed by atoms with Gasteiger partial charge in [0.25, 0.3) is 0 Å². The van der Waals surface area contributed by atoms with Crippen LogP contribution in [0.5, 0.6) is 0 Å². The second kappa shape index (κ2) is 16.9. The SMILES string of the molecule is CC[C@H]1CO[C@@H](c2cc(C(C)(C)C)cc3c2op(OC(C)C)oc2c([C@@H]4OC[C@H](CC)N4S(=O)(=O)c4ccc(C)cc4)cc(C(C)(C)C)cc23)N1S(=O)(=O)c1ccc(C)cc1. The van der Waals surface area contributed by atoms with Crippen molar-refractivity contribution >= 4 is 50.2 Å². The molecule has 3 heterocycles. The Kier molecular flexibility index (Phi) is 12.6. The number of aryl methyl sites for hydroxylation is 2. The minimum absolute atomic E-state index is 0.177. The van der Waals surface area contributed by atoms with Crippen molar-refractivity contribution in [3.05, 3.63) is 106 Å². The van der Waals surface area contributed by atoms with E-state index in [2.05, 4.69) is 53.7 Å². The van der Waals surface area contributed by atoms with Crippen LogP contribution in [0.25, 0.3) is 21.9 Å². The van der Waals surface area contributed by atoms with Crippen molar-refractivity contribution < 1.29 is 39.2 Å². The Morgan fingerprint density at radius 2 is 1.00 bits per heavy atom. The van der Waals surface area contributed by atoms with Crippen LogP contribution >= 0.6 is 8.24 Å². The largest absolute Gasteiger partial charge is 0.398 e. The van der Waals surface area contributed by atoms with Gasteiger partial charge in [-0.05, 0) is 111 Å². The zero-order valence-corrected chi connectivity index (χ0v) is 40.0. The van der Waals surface area contributed by atoms with Crippen LogP contribution < -0.4 is 4.52 Å². The molecule has 5 aromatic rings. The molecule has 2 fully saturated rings. The lowest BCUT2D eigenvalue weighted by Crippen LogP contribution is -2.38. The quantitative estimate of drug-likeness (QED) is 0.135. The number of fused-ring (bicyclic) bond motifs is 3. The minimum Gasteiger partial charge on any atom is -0.398 e. The van der Waals surface area contributed by atoms with E-state index in [0.717, 1.165) is 22.3 Å². The van der Waals surface area contributed by atoms with E-state index in [0.29, 0.717) is 45.9 Å². The van der Waals surface area contributed by atoms with Crippen molar-refractivity contribution in [1.29, 1.82) is 0 Å². The van der Waals surface area contributed by atoms with Gasteiger partial charge in [-0.25, -0.2) is 16.8 Å². The van der Waals surface area contributed by atoms with Gasteiger partial charge in [0.2, 0.25) is 20.0 Å². The summed E-state index contributed by atoms with van der Waals surface area (Å²) in [4.78, 5) is 0.355. The van der Waals surface area contributed by atoms with Crippen molar-refractivity contribution in [2.45, 2.75) is 147 Å². The van der Waals surface area contributed by atoms with Gasteiger partial charge >= 0.3 is 8.24 Å². The average Bonchev–Trinajstić information content (AvgIpc) is 3.79. The first-order chi connectivity index (χ1) is 28.6. The fraction of sp³-hybridized carbons (Fsp3) is 0.489. The van der Waals surface area contributed by atoms with Crippen LogP contribution in [0.2, 0.25) is 0 Å². The summed E-state index contributed by atoms with van der Waals surface area (Å²) in [7, 11) is -10.3. The first kappa shape index (κ1) is 45.5. The van der Waals surface area contributed by atoms with Gasteiger partial charge in [0.05, 0.1) is 41.2 Å². The van der Waals surface area contributed by atoms with Crippen LogP contribution in [-0.4, -0.2) is 56.8 Å². The average molecular weight is 893 g/mol. The van der Waals surface area contributed by atoms with Crippen LogP contribution in [0.1, 0.15) is 128 Å². The summed E-state index contributed by atoms with van der Waals surface area (Å²) in [6, 6.07) is 21.0. The molecule has 2 aliphatic heterocycles. The molecule has 0 N–H and O–H groups in total. The molecule has 11 nitrogen and oxygen atoms in total. The summed E-state index contributed by atoms with van der Waals surface area (Å²) in [5.41, 5.74) is 4.72. The highest BCUT2D eigenvalue weighted by molar-refractivity contribution is 7.89. The standard InChI is InChI=1S/C47H61N2O9PS2/c1-13-34-27-54-44(48(34)60(50,51)36-19-15-30(5)16-20-36)40-25-32(46(7,8)9)23-38-39-24-33(47(10,11)12)26-41(43(39)58-59(56-29(3)4)57-42(38)40)45-49(35(14-2)28-55-45)61(52,53)37-21-17-31(6)18-22-37/h15-26,29,34-35,44-45H,13-14,27-28H2,1-12H3/t34-,35-,44-,45-/m0/s1. The molecule has 2 saturated heterocycles. The molecule has 61 heavy (non-hydrogen) atoms. The molecule has 4 atom stereocenters. The molecule has 1 aromatic heterocycles. The summed E-state index contributed by atoms with van der Waals surface area (Å²) in [6.45, 7) is 24.6. The molecule has 0 aliphatic carbocycles. The molecule has 0 amide bonds. The maximum atomic E-state index is 14.7. The number of hydrogen-bond donors (Lipinski definition) is 0. The van der Waals surface area contributed by atoms with E-state index in [4.69, 9.17) is 22.4 Å². The summed E-state index contributed by atoms with van der Waals surface area (Å²) >= 11 is 0. The van der Waals surface area contributed by atoms with Crippen molar-refractivity contribution in [2.24, 2.45) is 0 Å². The number of ether oxygens (including phenoxy) is 2. The molecule has 2 aliphatic rings. The second-order valence-electron chi connectivity index (χ2n) is 18.7. The summed E-state index contributed by atoms with van der Waals surface area (Å²) < 4.78 is 95.4. The fourth-order valence-electron chi connectivity index (χ4n) is 7.96. The van der Waals surface area contributed by atoms with E-state index in [-0.39, 0.29) is 29.1 Å². The first-order valence-electron chi connectivity index (χ1n) is 21.2. The third-order valence-corrected chi connectivity index (χ3v) is 16.7. The van der Waals surface area contributed by atoms with Gasteiger partial charge in [0.15, 0.2) is 23.6 Å². The van der Waals surface area contributed by atoms with Gasteiger partial charge < -0.3 is 17.9 Å². The first-order valence-corrected chi connectivity index (χ1v) is 25.2. The van der Waals surface area contributed by atoms with E-state index >= 15 is 0 Å². The Morgan fingerprint density at radius 3 is 1.31 bits per heavy atom. The molecule has 0 unspecified atom stereocenters. The normalized spacial score (nSPS) is 21.0. The van der Waals surface area contributed by atoms with Crippen LogP contribution in [0.15, 0.2) is 91.0 Å². The molecule has 4 aromatic carbocycles. The van der Waals surface area contributed by atoms with E-state index in [1.807, 2.05) is 53.7 Å². The third-order valence-electron chi connectivity index (χ3n) is 11.6. The molecule has 0 bridgehead atoms. The van der Waals surface area contributed by atoms with Crippen LogP contribution in [0.4, 0.5) is 0 Å². The van der Waals surface area contributed by atoms with Crippen molar-refractivity contribution in [3.8, 4) is 0 Å². The van der Waals surface area contributed by atoms with Crippen molar-refractivity contribution in [3.63, 3.8) is 0 Å². The Bertz CT molecular complexity index is 2500. The molecule has 0 saturated carbocycles. The summed E-state index contributed by atoms with van der Waals surface area (Å²) in [5.74, 6) is 0. The van der Waals surface area contributed by atoms with E-state index < -0.39 is 63.7 Å². The molecule has 14 heteroatoms. The maximum absolute atomic E-state index is 14.7. The van der Waals surface area contributed by atoms with Crippen LogP contribution in [-0.2, 0) is 40.4 Å². The molecule has 0 spiro atoms. The van der Waals surface area contributed by atoms with Crippen LogP contribution in [0.3, 0.4) is 0 Å². The zero-order chi connectivity index (χ0) is 44.4. The number of nitrogens with zero attached hydrogens (tertiary/aromatic N) is 2. The predicted octanol–water partition coefficient (Wildman–Crippen LogP) is 11.3. The van der Waals surface area contributed by atoms with Crippen LogP contribution in [0, 0.1) is 13.8 Å². The van der Waals surface area contributed by atoms with Gasteiger partial charge in [-0.3, -0.25) is 4.52 Å². The van der Waals surface area contributed by atoms with Gasteiger partial charge in [-0.15, -0.1) is 0 Å². The van der Waals surface area contributed by atoms with E-state index in [1.54, 1.807) is 48.5 Å². The highest BCUT2D eigenvalue weighted by Gasteiger charge is 2.47. The Balaban J connectivity index is 1.59. The number of rotatable bonds is 10. The highest BCUT2D eigenvalue weighted by atomic mass is 32.2. The van der Waals surface area contributed by atoms with Crippen molar-refractivity contribution in [1.82, 2.24) is 8.61 Å². The van der Waals surface area contributed by atoms with Gasteiger partial charge in [0, 0.05) is 21.9 Å². The fourth-order valence-corrected chi connectivity index (χ4v) is 12.6. The zero-order valence-electron chi connectivity index (χ0n) is 37.5. The lowest BCUT2D eigenvalue weighted by atomic mass is 9.83. The maximum Gasteiger partial charge on any atom is 0.387 e. The molecule has 0 radical (unpaired) electrons. The Morgan fingerprint density at radius 1 is 0.639 bits per heavy atom. The number of benzene rings is 4. The van der Waals surface area contributed by atoms with E-state index in [9.17, 15) is 16.8 Å². The molecule has 7 rings (SSSR count). The lowest BCUT2D eigenvalue weighted by Gasteiger charge is -2.29. The number of sulfonamides is 2. The third kappa shape index (κ3) is 8.74. The smallest absolute Gasteiger partial charge is 0.387 e. The Hall–Kier alpha value is -3.52. The van der Waals surface area contributed by atoms with Gasteiger partial charge in [-0.2, -0.15) is 8.61 Å². The molecule has 330 valence electrons.